The van der Waals surface area contributed by atoms with Gasteiger partial charge in [-0.15, -0.1) is 0 Å². The number of hydrogen-bond acceptors (Lipinski definition) is 3. The number of aryl methyl sites for hydroxylation is 1. The van der Waals surface area contributed by atoms with Crippen LogP contribution in [0.5, 0.6) is 0 Å². The minimum atomic E-state index is 0.759. The maximum atomic E-state index is 4.20. The molecule has 0 aromatic carbocycles. The Morgan fingerprint density at radius 3 is 2.88 bits per heavy atom. The van der Waals surface area contributed by atoms with E-state index in [-0.39, 0.29) is 0 Å². The van der Waals surface area contributed by atoms with Crippen LogP contribution in [0.2, 0.25) is 0 Å². The molecule has 90 valence electrons. The number of nitrogens with one attached hydrogen (secondary N) is 1. The van der Waals surface area contributed by atoms with E-state index in [0.717, 1.165) is 19.0 Å². The lowest BCUT2D eigenvalue weighted by Gasteiger charge is -2.31. The molecule has 0 radical (unpaired) electrons. The predicted octanol–water partition coefficient (Wildman–Crippen LogP) is 0.646. The molecule has 0 amide bonds. The molecule has 16 heavy (non-hydrogen) atoms. The van der Waals surface area contributed by atoms with E-state index in [0.29, 0.717) is 0 Å². The molecule has 0 aliphatic carbocycles. The van der Waals surface area contributed by atoms with E-state index in [2.05, 4.69) is 28.4 Å². The largest absolute Gasteiger partial charge is 0.317 e. The summed E-state index contributed by atoms with van der Waals surface area (Å²) in [6, 6.07) is 2.87. The van der Waals surface area contributed by atoms with Crippen molar-refractivity contribution in [1.29, 1.82) is 0 Å². The Hall–Kier alpha value is -0.870. The fraction of sp³-hybridized carbons (Fsp3) is 0.750. The molecule has 4 heteroatoms. The van der Waals surface area contributed by atoms with Crippen molar-refractivity contribution >= 4 is 0 Å². The number of piperidine rings is 1. The zero-order chi connectivity index (χ0) is 11.4. The van der Waals surface area contributed by atoms with Crippen molar-refractivity contribution in [2.24, 2.45) is 7.05 Å². The second kappa shape index (κ2) is 5.46. The van der Waals surface area contributed by atoms with Crippen LogP contribution in [-0.2, 0) is 13.5 Å². The number of aromatic nitrogens is 2. The lowest BCUT2D eigenvalue weighted by molar-refractivity contribution is 0.200. The van der Waals surface area contributed by atoms with Crippen molar-refractivity contribution in [2.45, 2.75) is 25.3 Å². The molecule has 0 spiro atoms. The number of rotatable bonds is 4. The molecule has 0 unspecified atom stereocenters. The Labute approximate surface area is 97.6 Å². The third kappa shape index (κ3) is 2.83. The van der Waals surface area contributed by atoms with Gasteiger partial charge < -0.3 is 10.2 Å². The predicted molar refractivity (Wildman–Crippen MR) is 65.4 cm³/mol. The van der Waals surface area contributed by atoms with Crippen LogP contribution in [-0.4, -0.2) is 47.4 Å². The summed E-state index contributed by atoms with van der Waals surface area (Å²) in [6.45, 7) is 3.46. The van der Waals surface area contributed by atoms with Gasteiger partial charge in [0.05, 0.1) is 0 Å². The molecule has 1 aliphatic rings. The summed E-state index contributed by atoms with van der Waals surface area (Å²) in [4.78, 5) is 2.49. The van der Waals surface area contributed by atoms with Crippen LogP contribution in [0.4, 0.5) is 0 Å². The average molecular weight is 222 g/mol. The number of nitrogens with zero attached hydrogens (tertiary/aromatic N) is 3. The molecule has 2 rings (SSSR count). The third-order valence-corrected chi connectivity index (χ3v) is 3.58. The van der Waals surface area contributed by atoms with Crippen LogP contribution in [0.15, 0.2) is 12.3 Å². The first-order valence-corrected chi connectivity index (χ1v) is 6.15. The summed E-state index contributed by atoms with van der Waals surface area (Å²) >= 11 is 0. The molecule has 1 aromatic heterocycles. The lowest BCUT2D eigenvalue weighted by Crippen LogP contribution is -2.41. The van der Waals surface area contributed by atoms with E-state index in [1.165, 1.54) is 31.6 Å². The number of likely N-dealkylation sites (N-methyl/N-ethyl adjacent to an activating group) is 1. The lowest BCUT2D eigenvalue weighted by atomic mass is 10.1. The van der Waals surface area contributed by atoms with E-state index in [1.807, 2.05) is 17.9 Å². The van der Waals surface area contributed by atoms with Crippen LogP contribution < -0.4 is 5.32 Å². The van der Waals surface area contributed by atoms with E-state index in [1.54, 1.807) is 0 Å². The van der Waals surface area contributed by atoms with Crippen LogP contribution >= 0.6 is 0 Å². The normalized spacial score (nSPS) is 18.2. The Bertz CT molecular complexity index is 315. The zero-order valence-corrected chi connectivity index (χ0v) is 10.3. The minimum absolute atomic E-state index is 0.759. The summed E-state index contributed by atoms with van der Waals surface area (Å²) in [5.74, 6) is 0. The van der Waals surface area contributed by atoms with Gasteiger partial charge in [0.2, 0.25) is 0 Å². The topological polar surface area (TPSA) is 33.1 Å². The van der Waals surface area contributed by atoms with Crippen LogP contribution in [0.3, 0.4) is 0 Å². The van der Waals surface area contributed by atoms with Gasteiger partial charge in [-0.05, 0) is 39.0 Å². The molecule has 1 aromatic rings. The van der Waals surface area contributed by atoms with Gasteiger partial charge in [-0.3, -0.25) is 4.68 Å². The first-order valence-electron chi connectivity index (χ1n) is 6.15. The molecule has 0 bridgehead atoms. The molecule has 0 atom stereocenters. The van der Waals surface area contributed by atoms with Gasteiger partial charge in [-0.2, -0.15) is 5.10 Å². The highest BCUT2D eigenvalue weighted by molar-refractivity contribution is 5.00. The van der Waals surface area contributed by atoms with Crippen molar-refractivity contribution < 1.29 is 0 Å². The Balaban J connectivity index is 1.78. The van der Waals surface area contributed by atoms with Crippen LogP contribution in [0, 0.1) is 0 Å². The molecule has 2 heterocycles. The van der Waals surface area contributed by atoms with Gasteiger partial charge >= 0.3 is 0 Å². The molecule has 1 saturated heterocycles. The highest BCUT2D eigenvalue weighted by Crippen LogP contribution is 2.10. The Morgan fingerprint density at radius 1 is 1.50 bits per heavy atom. The van der Waals surface area contributed by atoms with Crippen molar-refractivity contribution in [3.05, 3.63) is 18.0 Å². The van der Waals surface area contributed by atoms with Crippen LogP contribution in [0.25, 0.3) is 0 Å². The molecular formula is C12H22N4. The zero-order valence-electron chi connectivity index (χ0n) is 10.3. The molecule has 1 fully saturated rings. The smallest absolute Gasteiger partial charge is 0.0492 e. The van der Waals surface area contributed by atoms with E-state index < -0.39 is 0 Å². The maximum absolute atomic E-state index is 4.20. The summed E-state index contributed by atoms with van der Waals surface area (Å²) in [7, 11) is 4.26. The second-order valence-corrected chi connectivity index (χ2v) is 4.66. The van der Waals surface area contributed by atoms with Gasteiger partial charge in [-0.25, -0.2) is 0 Å². The summed E-state index contributed by atoms with van der Waals surface area (Å²) in [5, 5.41) is 7.60. The van der Waals surface area contributed by atoms with Gasteiger partial charge in [0.1, 0.15) is 0 Å². The summed E-state index contributed by atoms with van der Waals surface area (Å²) in [6.07, 6.45) is 5.53. The molecular weight excluding hydrogens is 200 g/mol. The molecule has 1 aliphatic heterocycles. The molecule has 0 saturated carbocycles. The number of hydrogen-bond donors (Lipinski definition) is 1. The van der Waals surface area contributed by atoms with Gasteiger partial charge in [0, 0.05) is 37.9 Å². The maximum Gasteiger partial charge on any atom is 0.0492 e. The quantitative estimate of drug-likeness (QED) is 0.812. The van der Waals surface area contributed by atoms with Crippen molar-refractivity contribution in [2.75, 3.05) is 26.7 Å². The summed E-state index contributed by atoms with van der Waals surface area (Å²) in [5.41, 5.74) is 1.32. The fourth-order valence-electron chi connectivity index (χ4n) is 2.37. The Kier molecular flexibility index (Phi) is 3.96. The fourth-order valence-corrected chi connectivity index (χ4v) is 2.37. The van der Waals surface area contributed by atoms with Gasteiger partial charge in [0.25, 0.3) is 0 Å². The minimum Gasteiger partial charge on any atom is -0.317 e. The van der Waals surface area contributed by atoms with E-state index in [9.17, 15) is 0 Å². The highest BCUT2D eigenvalue weighted by Gasteiger charge is 2.17. The molecule has 4 nitrogen and oxygen atoms in total. The average Bonchev–Trinajstić information content (AvgIpc) is 2.73. The SMILES string of the molecule is CN(CCc1ccnn1C)C1CCNCC1. The highest BCUT2D eigenvalue weighted by atomic mass is 15.3. The first kappa shape index (κ1) is 11.6. The van der Waals surface area contributed by atoms with Gasteiger partial charge in [-0.1, -0.05) is 0 Å². The monoisotopic (exact) mass is 222 g/mol. The standard InChI is InChI=1S/C12H22N4/c1-15(11-3-7-13-8-4-11)10-6-12-5-9-14-16(12)2/h5,9,11,13H,3-4,6-8,10H2,1-2H3. The van der Waals surface area contributed by atoms with Crippen molar-refractivity contribution in [3.63, 3.8) is 0 Å². The van der Waals surface area contributed by atoms with E-state index >= 15 is 0 Å². The third-order valence-electron chi connectivity index (χ3n) is 3.58. The van der Waals surface area contributed by atoms with E-state index in [4.69, 9.17) is 0 Å². The van der Waals surface area contributed by atoms with Gasteiger partial charge in [0.15, 0.2) is 0 Å². The first-order chi connectivity index (χ1) is 7.77. The van der Waals surface area contributed by atoms with Crippen molar-refractivity contribution in [3.8, 4) is 0 Å². The Morgan fingerprint density at radius 2 is 2.25 bits per heavy atom. The summed E-state index contributed by atoms with van der Waals surface area (Å²) < 4.78 is 1.97. The molecule has 1 N–H and O–H groups in total. The van der Waals surface area contributed by atoms with Crippen LogP contribution in [0.1, 0.15) is 18.5 Å². The van der Waals surface area contributed by atoms with Crippen molar-refractivity contribution in [1.82, 2.24) is 20.0 Å². The second-order valence-electron chi connectivity index (χ2n) is 4.66.